The molecule has 2 aromatic rings. The van der Waals surface area contributed by atoms with E-state index in [2.05, 4.69) is 31.4 Å². The second kappa shape index (κ2) is 7.25. The zero-order valence-electron chi connectivity index (χ0n) is 13.9. The molecule has 7 heteroatoms. The minimum atomic E-state index is -0.386. The molecule has 3 rings (SSSR count). The van der Waals surface area contributed by atoms with Gasteiger partial charge in [0.15, 0.2) is 0 Å². The van der Waals surface area contributed by atoms with Gasteiger partial charge in [-0.15, -0.1) is 0 Å². The third-order valence-corrected chi connectivity index (χ3v) is 4.54. The van der Waals surface area contributed by atoms with E-state index in [4.69, 9.17) is 0 Å². The molecule has 1 fully saturated rings. The first-order valence-corrected chi connectivity index (χ1v) is 8.20. The number of rotatable bonds is 6. The van der Waals surface area contributed by atoms with E-state index in [-0.39, 0.29) is 6.10 Å². The lowest BCUT2D eigenvalue weighted by Crippen LogP contribution is -2.53. The summed E-state index contributed by atoms with van der Waals surface area (Å²) in [7, 11) is 2.04. The van der Waals surface area contributed by atoms with E-state index in [1.807, 2.05) is 31.7 Å². The molecule has 0 spiro atoms. The van der Waals surface area contributed by atoms with Gasteiger partial charge >= 0.3 is 0 Å². The highest BCUT2D eigenvalue weighted by molar-refractivity contribution is 4.93. The summed E-state index contributed by atoms with van der Waals surface area (Å²) in [6.45, 7) is 7.33. The van der Waals surface area contributed by atoms with Crippen molar-refractivity contribution < 1.29 is 5.11 Å². The van der Waals surface area contributed by atoms with E-state index < -0.39 is 0 Å². The van der Waals surface area contributed by atoms with Crippen molar-refractivity contribution in [3.8, 4) is 0 Å². The first kappa shape index (κ1) is 16.2. The van der Waals surface area contributed by atoms with E-state index in [0.717, 1.165) is 32.0 Å². The van der Waals surface area contributed by atoms with Crippen molar-refractivity contribution in [1.82, 2.24) is 29.1 Å². The molecule has 2 atom stereocenters. The summed E-state index contributed by atoms with van der Waals surface area (Å²) in [6, 6.07) is 2.34. The predicted octanol–water partition coefficient (Wildman–Crippen LogP) is 0.184. The number of aryl methyl sites for hydroxylation is 1. The highest BCUT2D eigenvalue weighted by Gasteiger charge is 2.25. The number of aliphatic hydroxyl groups excluding tert-OH is 1. The van der Waals surface area contributed by atoms with E-state index in [1.54, 1.807) is 10.9 Å². The van der Waals surface area contributed by atoms with E-state index >= 15 is 0 Å². The number of nitrogens with zero attached hydrogens (tertiary/aromatic N) is 6. The summed E-state index contributed by atoms with van der Waals surface area (Å²) in [5, 5.41) is 14.4. The van der Waals surface area contributed by atoms with Crippen LogP contribution in [-0.4, -0.2) is 72.6 Å². The maximum atomic E-state index is 10.2. The van der Waals surface area contributed by atoms with Gasteiger partial charge in [-0.25, -0.2) is 4.98 Å². The molecule has 1 N–H and O–H groups in total. The van der Waals surface area contributed by atoms with Gasteiger partial charge in [-0.1, -0.05) is 0 Å². The van der Waals surface area contributed by atoms with Crippen LogP contribution in [0.1, 0.15) is 12.7 Å². The molecule has 0 radical (unpaired) electrons. The number of aliphatic hydroxyl groups is 1. The van der Waals surface area contributed by atoms with Crippen molar-refractivity contribution in [1.29, 1.82) is 0 Å². The van der Waals surface area contributed by atoms with Gasteiger partial charge < -0.3 is 9.67 Å². The van der Waals surface area contributed by atoms with Crippen molar-refractivity contribution in [2.24, 2.45) is 7.05 Å². The maximum absolute atomic E-state index is 10.2. The molecule has 126 valence electrons. The Hall–Kier alpha value is -1.70. The van der Waals surface area contributed by atoms with Gasteiger partial charge in [-0.3, -0.25) is 14.5 Å². The molecule has 0 unspecified atom stereocenters. The normalized spacial score (nSPS) is 21.6. The molecule has 0 aliphatic carbocycles. The summed E-state index contributed by atoms with van der Waals surface area (Å²) in [5.41, 5.74) is 0. The minimum absolute atomic E-state index is 0.386. The lowest BCUT2D eigenvalue weighted by Gasteiger charge is -2.40. The fraction of sp³-hybridized carbons (Fsp3) is 0.625. The van der Waals surface area contributed by atoms with Crippen LogP contribution in [0.2, 0.25) is 0 Å². The van der Waals surface area contributed by atoms with Crippen LogP contribution < -0.4 is 0 Å². The lowest BCUT2D eigenvalue weighted by molar-refractivity contribution is 0.0345. The molecule has 0 aromatic carbocycles. The van der Waals surface area contributed by atoms with Crippen LogP contribution in [0.25, 0.3) is 0 Å². The average Bonchev–Trinajstić information content (AvgIpc) is 3.14. The molecule has 1 aliphatic rings. The van der Waals surface area contributed by atoms with Crippen molar-refractivity contribution in [2.45, 2.75) is 32.2 Å². The Kier molecular flexibility index (Phi) is 5.09. The van der Waals surface area contributed by atoms with Gasteiger partial charge in [-0.05, 0) is 13.0 Å². The number of hydrogen-bond donors (Lipinski definition) is 1. The van der Waals surface area contributed by atoms with Gasteiger partial charge in [0.05, 0.1) is 19.2 Å². The first-order valence-electron chi connectivity index (χ1n) is 8.20. The quantitative estimate of drug-likeness (QED) is 0.823. The maximum Gasteiger partial charge on any atom is 0.122 e. The third-order valence-electron chi connectivity index (χ3n) is 4.54. The van der Waals surface area contributed by atoms with Gasteiger partial charge in [0.2, 0.25) is 0 Å². The molecular weight excluding hydrogens is 292 g/mol. The zero-order chi connectivity index (χ0) is 16.2. The van der Waals surface area contributed by atoms with Gasteiger partial charge in [0.1, 0.15) is 5.82 Å². The topological polar surface area (TPSA) is 62.4 Å². The van der Waals surface area contributed by atoms with Crippen LogP contribution in [0.5, 0.6) is 0 Å². The molecule has 23 heavy (non-hydrogen) atoms. The van der Waals surface area contributed by atoms with Crippen molar-refractivity contribution in [3.63, 3.8) is 0 Å². The van der Waals surface area contributed by atoms with Gasteiger partial charge in [0.25, 0.3) is 0 Å². The molecular formula is C16H26N6O. The number of β-amino-alcohol motifs (C(OH)–C–C–N with tert-alkyl or cyclic N) is 1. The predicted molar refractivity (Wildman–Crippen MR) is 87.8 cm³/mol. The fourth-order valence-corrected chi connectivity index (χ4v) is 3.18. The number of imidazole rings is 1. The Balaban J connectivity index is 1.47. The summed E-state index contributed by atoms with van der Waals surface area (Å²) in [5.74, 6) is 1.10. The SMILES string of the molecule is C[C@H]1CN(C[C@@H](O)Cn2cccn2)CCN1Cc1nccn1C. The third kappa shape index (κ3) is 4.19. The molecule has 1 saturated heterocycles. The molecule has 7 nitrogen and oxygen atoms in total. The van der Waals surface area contributed by atoms with Crippen LogP contribution in [0.3, 0.4) is 0 Å². The average molecular weight is 318 g/mol. The highest BCUT2D eigenvalue weighted by Crippen LogP contribution is 2.13. The Morgan fingerprint density at radius 1 is 1.26 bits per heavy atom. The summed E-state index contributed by atoms with van der Waals surface area (Å²) >= 11 is 0. The van der Waals surface area contributed by atoms with Crippen molar-refractivity contribution in [2.75, 3.05) is 26.2 Å². The smallest absolute Gasteiger partial charge is 0.122 e. The fourth-order valence-electron chi connectivity index (χ4n) is 3.18. The van der Waals surface area contributed by atoms with Crippen LogP contribution in [-0.2, 0) is 20.1 Å². The Morgan fingerprint density at radius 3 is 2.78 bits per heavy atom. The zero-order valence-corrected chi connectivity index (χ0v) is 13.9. The van der Waals surface area contributed by atoms with Crippen LogP contribution >= 0.6 is 0 Å². The van der Waals surface area contributed by atoms with Crippen molar-refractivity contribution in [3.05, 3.63) is 36.7 Å². The Morgan fingerprint density at radius 2 is 2.13 bits per heavy atom. The van der Waals surface area contributed by atoms with Crippen LogP contribution in [0.4, 0.5) is 0 Å². The first-order chi connectivity index (χ1) is 11.1. The number of hydrogen-bond acceptors (Lipinski definition) is 5. The van der Waals surface area contributed by atoms with Gasteiger partial charge in [0, 0.05) is 64.1 Å². The largest absolute Gasteiger partial charge is 0.390 e. The summed E-state index contributed by atoms with van der Waals surface area (Å²) in [4.78, 5) is 9.21. The molecule has 2 aromatic heterocycles. The number of piperazine rings is 1. The monoisotopic (exact) mass is 318 g/mol. The minimum Gasteiger partial charge on any atom is -0.390 e. The summed E-state index contributed by atoms with van der Waals surface area (Å²) in [6.07, 6.45) is 7.08. The van der Waals surface area contributed by atoms with Crippen LogP contribution in [0, 0.1) is 0 Å². The lowest BCUT2D eigenvalue weighted by atomic mass is 10.1. The Bertz CT molecular complexity index is 595. The molecule has 0 amide bonds. The second-order valence-corrected chi connectivity index (χ2v) is 6.42. The highest BCUT2D eigenvalue weighted by atomic mass is 16.3. The molecule has 1 aliphatic heterocycles. The van der Waals surface area contributed by atoms with Gasteiger partial charge in [-0.2, -0.15) is 5.10 Å². The van der Waals surface area contributed by atoms with E-state index in [0.29, 0.717) is 19.1 Å². The van der Waals surface area contributed by atoms with Crippen molar-refractivity contribution >= 4 is 0 Å². The van der Waals surface area contributed by atoms with E-state index in [1.165, 1.54) is 0 Å². The molecule has 0 saturated carbocycles. The van der Waals surface area contributed by atoms with Crippen LogP contribution in [0.15, 0.2) is 30.9 Å². The standard InChI is InChI=1S/C16H26N6O/c1-14-10-20(11-15(23)12-22-6-3-4-18-22)8-9-21(14)13-16-17-5-7-19(16)2/h3-7,14-15,23H,8-13H2,1-2H3/t14-,15+/m0/s1. The molecule has 3 heterocycles. The number of aromatic nitrogens is 4. The van der Waals surface area contributed by atoms with E-state index in [9.17, 15) is 5.11 Å². The summed E-state index contributed by atoms with van der Waals surface area (Å²) < 4.78 is 3.86. The second-order valence-electron chi connectivity index (χ2n) is 6.42. The Labute approximate surface area is 137 Å². The molecule has 0 bridgehead atoms.